The summed E-state index contributed by atoms with van der Waals surface area (Å²) in [6.07, 6.45) is 11.0. The van der Waals surface area contributed by atoms with Gasteiger partial charge in [-0.2, -0.15) is 0 Å². The minimum atomic E-state index is -0.632. The molecule has 14 heavy (non-hydrogen) atoms. The molecular weight excluding hydrogens is 176 g/mol. The first-order chi connectivity index (χ1) is 6.72. The highest BCUT2D eigenvalue weighted by Crippen LogP contribution is 2.50. The molecule has 2 nitrogen and oxygen atoms in total. The van der Waals surface area contributed by atoms with Crippen molar-refractivity contribution in [1.29, 1.82) is 0 Å². The predicted molar refractivity (Wildman–Crippen MR) is 55.9 cm³/mol. The molecular formula is C12H20O2. The molecule has 1 saturated carbocycles. The predicted octanol–water partition coefficient (Wildman–Crippen LogP) is 2.01. The van der Waals surface area contributed by atoms with Crippen LogP contribution in [0.1, 0.15) is 44.9 Å². The maximum atomic E-state index is 10.6. The number of aliphatic hydroxyl groups is 2. The summed E-state index contributed by atoms with van der Waals surface area (Å²) >= 11 is 0. The summed E-state index contributed by atoms with van der Waals surface area (Å²) in [5.41, 5.74) is -0.845. The van der Waals surface area contributed by atoms with Gasteiger partial charge < -0.3 is 10.2 Å². The van der Waals surface area contributed by atoms with Gasteiger partial charge in [-0.25, -0.2) is 0 Å². The van der Waals surface area contributed by atoms with E-state index >= 15 is 0 Å². The lowest BCUT2D eigenvalue weighted by Crippen LogP contribution is -2.52. The Bertz CT molecular complexity index is 236. The molecule has 0 spiro atoms. The molecule has 2 rings (SSSR count). The minimum absolute atomic E-state index is 0.144. The topological polar surface area (TPSA) is 40.5 Å². The van der Waals surface area contributed by atoms with Crippen LogP contribution in [0.4, 0.5) is 0 Å². The van der Waals surface area contributed by atoms with Crippen molar-refractivity contribution < 1.29 is 10.2 Å². The Morgan fingerprint density at radius 2 is 1.86 bits per heavy atom. The maximum absolute atomic E-state index is 10.6. The quantitative estimate of drug-likeness (QED) is 0.630. The Labute approximate surface area is 85.6 Å². The number of rotatable bonds is 1. The Hall–Kier alpha value is -0.340. The van der Waals surface area contributed by atoms with E-state index in [1.807, 2.05) is 0 Å². The number of hydrogen-bond donors (Lipinski definition) is 2. The van der Waals surface area contributed by atoms with E-state index < -0.39 is 5.60 Å². The van der Waals surface area contributed by atoms with Gasteiger partial charge in [-0.05, 0) is 32.1 Å². The SMILES string of the molecule is OC[C@]12CCC=CC[C@]1(O)CCCC2. The van der Waals surface area contributed by atoms with Crippen molar-refractivity contribution in [2.24, 2.45) is 5.41 Å². The summed E-state index contributed by atoms with van der Waals surface area (Å²) in [6.45, 7) is 0.144. The number of fused-ring (bicyclic) bond motifs is 1. The second kappa shape index (κ2) is 3.67. The Morgan fingerprint density at radius 3 is 2.64 bits per heavy atom. The number of hydrogen-bond acceptors (Lipinski definition) is 2. The van der Waals surface area contributed by atoms with Gasteiger partial charge in [-0.15, -0.1) is 0 Å². The summed E-state index contributed by atoms with van der Waals surface area (Å²) in [7, 11) is 0. The molecule has 2 aliphatic rings. The maximum Gasteiger partial charge on any atom is 0.0759 e. The van der Waals surface area contributed by atoms with Crippen molar-refractivity contribution in [3.8, 4) is 0 Å². The van der Waals surface area contributed by atoms with E-state index in [2.05, 4.69) is 12.2 Å². The van der Waals surface area contributed by atoms with Crippen LogP contribution in [0.5, 0.6) is 0 Å². The summed E-state index contributed by atoms with van der Waals surface area (Å²) in [6, 6.07) is 0. The van der Waals surface area contributed by atoms with E-state index in [9.17, 15) is 10.2 Å². The van der Waals surface area contributed by atoms with Gasteiger partial charge in [-0.3, -0.25) is 0 Å². The van der Waals surface area contributed by atoms with E-state index in [0.29, 0.717) is 0 Å². The van der Waals surface area contributed by atoms with Crippen molar-refractivity contribution >= 4 is 0 Å². The van der Waals surface area contributed by atoms with Crippen LogP contribution in [0.25, 0.3) is 0 Å². The molecule has 0 heterocycles. The van der Waals surface area contributed by atoms with Crippen molar-refractivity contribution in [3.05, 3.63) is 12.2 Å². The molecule has 0 aromatic rings. The first kappa shape index (κ1) is 10.2. The third kappa shape index (κ3) is 1.41. The molecule has 1 fully saturated rings. The lowest BCUT2D eigenvalue weighted by molar-refractivity contribution is -0.136. The second-order valence-corrected chi connectivity index (χ2v) is 4.89. The van der Waals surface area contributed by atoms with Gasteiger partial charge in [0.1, 0.15) is 0 Å². The zero-order valence-electron chi connectivity index (χ0n) is 8.71. The van der Waals surface area contributed by atoms with Crippen molar-refractivity contribution in [2.45, 2.75) is 50.5 Å². The summed E-state index contributed by atoms with van der Waals surface area (Å²) in [5, 5.41) is 20.2. The van der Waals surface area contributed by atoms with Gasteiger partial charge in [0.15, 0.2) is 0 Å². The third-order valence-electron chi connectivity index (χ3n) is 4.20. The largest absolute Gasteiger partial charge is 0.396 e. The lowest BCUT2D eigenvalue weighted by Gasteiger charge is -2.49. The van der Waals surface area contributed by atoms with E-state index in [1.54, 1.807) is 0 Å². The number of aliphatic hydroxyl groups excluding tert-OH is 1. The Morgan fingerprint density at radius 1 is 1.07 bits per heavy atom. The zero-order valence-corrected chi connectivity index (χ0v) is 8.71. The average molecular weight is 196 g/mol. The van der Waals surface area contributed by atoms with Crippen LogP contribution >= 0.6 is 0 Å². The Kier molecular flexibility index (Phi) is 2.67. The Balaban J connectivity index is 2.28. The summed E-state index contributed by atoms with van der Waals surface area (Å²) in [5.74, 6) is 0. The molecule has 0 saturated heterocycles. The third-order valence-corrected chi connectivity index (χ3v) is 4.20. The van der Waals surface area contributed by atoms with Crippen LogP contribution in [0, 0.1) is 5.41 Å². The van der Waals surface area contributed by atoms with Crippen LogP contribution in [0.3, 0.4) is 0 Å². The average Bonchev–Trinajstić information content (AvgIpc) is 2.37. The first-order valence-electron chi connectivity index (χ1n) is 5.71. The van der Waals surface area contributed by atoms with Crippen LogP contribution in [-0.2, 0) is 0 Å². The van der Waals surface area contributed by atoms with Crippen LogP contribution in [0.15, 0.2) is 12.2 Å². The van der Waals surface area contributed by atoms with Crippen molar-refractivity contribution in [1.82, 2.24) is 0 Å². The molecule has 80 valence electrons. The smallest absolute Gasteiger partial charge is 0.0759 e. The van der Waals surface area contributed by atoms with Crippen LogP contribution in [0.2, 0.25) is 0 Å². The van der Waals surface area contributed by atoms with E-state index in [-0.39, 0.29) is 12.0 Å². The van der Waals surface area contributed by atoms with Crippen LogP contribution < -0.4 is 0 Å². The van der Waals surface area contributed by atoms with Gasteiger partial charge in [0.05, 0.1) is 12.2 Å². The zero-order chi connectivity index (χ0) is 10.1. The van der Waals surface area contributed by atoms with Gasteiger partial charge in [0.25, 0.3) is 0 Å². The normalized spacial score (nSPS) is 43.0. The van der Waals surface area contributed by atoms with E-state index in [4.69, 9.17) is 0 Å². The standard InChI is InChI=1S/C12H20O2/c13-10-11-6-2-1-3-8-12(11,14)9-5-4-7-11/h1,3,13-14H,2,4-10H2/t11-,12+/m1/s1. The van der Waals surface area contributed by atoms with Gasteiger partial charge in [-0.1, -0.05) is 25.0 Å². The molecule has 2 N–H and O–H groups in total. The molecule has 0 bridgehead atoms. The molecule has 2 heteroatoms. The molecule has 0 aromatic carbocycles. The van der Waals surface area contributed by atoms with E-state index in [0.717, 1.165) is 44.9 Å². The molecule has 2 aliphatic carbocycles. The highest BCUT2D eigenvalue weighted by molar-refractivity contribution is 5.08. The first-order valence-corrected chi connectivity index (χ1v) is 5.71. The summed E-state index contributed by atoms with van der Waals surface area (Å²) < 4.78 is 0. The summed E-state index contributed by atoms with van der Waals surface area (Å²) in [4.78, 5) is 0. The van der Waals surface area contributed by atoms with Crippen molar-refractivity contribution in [3.63, 3.8) is 0 Å². The van der Waals surface area contributed by atoms with Gasteiger partial charge in [0, 0.05) is 5.41 Å². The monoisotopic (exact) mass is 196 g/mol. The molecule has 0 aliphatic heterocycles. The molecule has 0 aromatic heterocycles. The molecule has 0 amide bonds. The van der Waals surface area contributed by atoms with Crippen molar-refractivity contribution in [2.75, 3.05) is 6.61 Å². The van der Waals surface area contributed by atoms with Gasteiger partial charge >= 0.3 is 0 Å². The lowest BCUT2D eigenvalue weighted by atomic mass is 9.61. The fraction of sp³-hybridized carbons (Fsp3) is 0.833. The van der Waals surface area contributed by atoms with Gasteiger partial charge in [0.2, 0.25) is 0 Å². The fourth-order valence-corrected chi connectivity index (χ4v) is 3.12. The fourth-order valence-electron chi connectivity index (χ4n) is 3.12. The highest BCUT2D eigenvalue weighted by atomic mass is 16.3. The van der Waals surface area contributed by atoms with Crippen LogP contribution in [-0.4, -0.2) is 22.4 Å². The minimum Gasteiger partial charge on any atom is -0.396 e. The second-order valence-electron chi connectivity index (χ2n) is 4.89. The molecule has 2 atom stereocenters. The molecule has 0 radical (unpaired) electrons. The molecule has 0 unspecified atom stereocenters. The number of allylic oxidation sites excluding steroid dienone is 1. The highest BCUT2D eigenvalue weighted by Gasteiger charge is 2.50. The van der Waals surface area contributed by atoms with E-state index in [1.165, 1.54) is 0 Å².